The number of aliphatic carboxylic acids is 1. The van der Waals surface area contributed by atoms with Gasteiger partial charge in [0.15, 0.2) is 0 Å². The molecule has 0 aromatic heterocycles. The van der Waals surface area contributed by atoms with Crippen LogP contribution in [0, 0.1) is 0 Å². The van der Waals surface area contributed by atoms with E-state index in [9.17, 15) is 18.0 Å². The maximum absolute atomic E-state index is 13.1. The van der Waals surface area contributed by atoms with Crippen LogP contribution < -0.4 is 4.90 Å². The number of carbonyl (C=O) groups is 1. The molecule has 1 unspecified atom stereocenters. The smallest absolute Gasteiger partial charge is 0.418 e. The van der Waals surface area contributed by atoms with Gasteiger partial charge in [0.05, 0.1) is 17.9 Å². The minimum atomic E-state index is -4.51. The molecule has 0 radical (unpaired) electrons. The lowest BCUT2D eigenvalue weighted by atomic mass is 9.99. The summed E-state index contributed by atoms with van der Waals surface area (Å²) in [5.74, 6) is -2.06. The summed E-state index contributed by atoms with van der Waals surface area (Å²) in [6.07, 6.45) is -4.51. The van der Waals surface area contributed by atoms with Crippen molar-refractivity contribution in [2.75, 3.05) is 31.7 Å². The molecule has 1 N–H and O–H groups in total. The number of benzene rings is 1. The molecule has 1 aliphatic heterocycles. The number of ether oxygens (including phenoxy) is 1. The van der Waals surface area contributed by atoms with E-state index in [0.29, 0.717) is 0 Å². The summed E-state index contributed by atoms with van der Waals surface area (Å²) < 4.78 is 44.1. The summed E-state index contributed by atoms with van der Waals surface area (Å²) in [5, 5.41) is 9.16. The third kappa shape index (κ3) is 2.58. The molecule has 0 amide bonds. The van der Waals surface area contributed by atoms with E-state index in [1.165, 1.54) is 24.1 Å². The first-order valence-electron chi connectivity index (χ1n) is 6.03. The Balaban J connectivity index is 2.49. The van der Waals surface area contributed by atoms with E-state index in [0.717, 1.165) is 6.07 Å². The van der Waals surface area contributed by atoms with Crippen molar-refractivity contribution >= 4 is 11.7 Å². The Kier molecular flexibility index (Phi) is 3.89. The van der Waals surface area contributed by atoms with E-state index < -0.39 is 23.6 Å². The molecule has 1 heterocycles. The van der Waals surface area contributed by atoms with E-state index in [-0.39, 0.29) is 30.9 Å². The lowest BCUT2D eigenvalue weighted by molar-refractivity contribution is -0.139. The van der Waals surface area contributed by atoms with E-state index in [4.69, 9.17) is 9.84 Å². The minimum absolute atomic E-state index is 0.0289. The van der Waals surface area contributed by atoms with Crippen LogP contribution in [-0.4, -0.2) is 37.9 Å². The second-order valence-electron chi connectivity index (χ2n) is 4.57. The van der Waals surface area contributed by atoms with Gasteiger partial charge >= 0.3 is 12.1 Å². The molecule has 1 aromatic rings. The Labute approximate surface area is 113 Å². The zero-order valence-electron chi connectivity index (χ0n) is 10.8. The van der Waals surface area contributed by atoms with Gasteiger partial charge in [-0.1, -0.05) is 12.1 Å². The fourth-order valence-corrected chi connectivity index (χ4v) is 2.45. The van der Waals surface area contributed by atoms with Crippen LogP contribution in [-0.2, 0) is 15.7 Å². The van der Waals surface area contributed by atoms with Crippen molar-refractivity contribution in [2.24, 2.45) is 0 Å². The van der Waals surface area contributed by atoms with Gasteiger partial charge in [0.2, 0.25) is 0 Å². The first-order chi connectivity index (χ1) is 9.36. The van der Waals surface area contributed by atoms with Crippen molar-refractivity contribution in [3.8, 4) is 0 Å². The number of hydrogen-bond acceptors (Lipinski definition) is 3. The Morgan fingerprint density at radius 3 is 2.75 bits per heavy atom. The molecule has 1 aliphatic rings. The molecule has 1 aromatic carbocycles. The second-order valence-corrected chi connectivity index (χ2v) is 4.57. The predicted molar refractivity (Wildman–Crippen MR) is 65.9 cm³/mol. The van der Waals surface area contributed by atoms with Crippen LogP contribution in [0.1, 0.15) is 17.0 Å². The Bertz CT molecular complexity index is 516. The van der Waals surface area contributed by atoms with Crippen molar-refractivity contribution in [1.29, 1.82) is 0 Å². The maximum Gasteiger partial charge on any atom is 0.418 e. The Morgan fingerprint density at radius 1 is 1.50 bits per heavy atom. The highest BCUT2D eigenvalue weighted by Crippen LogP contribution is 2.45. The highest BCUT2D eigenvalue weighted by Gasteiger charge is 2.42. The van der Waals surface area contributed by atoms with Crippen LogP contribution in [0.5, 0.6) is 0 Å². The van der Waals surface area contributed by atoms with Gasteiger partial charge in [-0.25, -0.2) is 0 Å². The number of rotatable bonds is 4. The van der Waals surface area contributed by atoms with Crippen LogP contribution in [0.4, 0.5) is 18.9 Å². The number of alkyl halides is 3. The van der Waals surface area contributed by atoms with Gasteiger partial charge in [-0.2, -0.15) is 13.2 Å². The summed E-state index contributed by atoms with van der Waals surface area (Å²) in [6, 6.07) is 3.66. The lowest BCUT2D eigenvalue weighted by Crippen LogP contribution is -2.29. The summed E-state index contributed by atoms with van der Waals surface area (Å²) >= 11 is 0. The predicted octanol–water partition coefficient (Wildman–Crippen LogP) is 2.34. The van der Waals surface area contributed by atoms with Gasteiger partial charge in [-0.05, 0) is 11.6 Å². The summed E-state index contributed by atoms with van der Waals surface area (Å²) in [4.78, 5) is 12.6. The normalized spacial score (nSPS) is 18.2. The monoisotopic (exact) mass is 289 g/mol. The first kappa shape index (κ1) is 14.6. The van der Waals surface area contributed by atoms with E-state index in [2.05, 4.69) is 0 Å². The first-order valence-corrected chi connectivity index (χ1v) is 6.03. The zero-order chi connectivity index (χ0) is 14.9. The van der Waals surface area contributed by atoms with Crippen molar-refractivity contribution in [3.05, 3.63) is 29.3 Å². The molecule has 0 fully saturated rings. The molecule has 0 saturated heterocycles. The van der Waals surface area contributed by atoms with E-state index in [1.54, 1.807) is 0 Å². The third-order valence-electron chi connectivity index (χ3n) is 3.33. The number of fused-ring (bicyclic) bond motifs is 1. The van der Waals surface area contributed by atoms with Crippen molar-refractivity contribution in [3.63, 3.8) is 0 Å². The van der Waals surface area contributed by atoms with E-state index in [1.807, 2.05) is 0 Å². The average molecular weight is 289 g/mol. The number of hydrogen-bond donors (Lipinski definition) is 1. The molecule has 7 heteroatoms. The molecule has 0 bridgehead atoms. The van der Waals surface area contributed by atoms with Crippen molar-refractivity contribution in [1.82, 2.24) is 0 Å². The van der Waals surface area contributed by atoms with Gasteiger partial charge in [0.1, 0.15) is 5.92 Å². The molecule has 1 atom stereocenters. The number of carboxylic acid groups (broad SMARTS) is 1. The average Bonchev–Trinajstić information content (AvgIpc) is 2.74. The van der Waals surface area contributed by atoms with Gasteiger partial charge in [0.25, 0.3) is 0 Å². The molecule has 0 spiro atoms. The van der Waals surface area contributed by atoms with Crippen LogP contribution in [0.25, 0.3) is 0 Å². The quantitative estimate of drug-likeness (QED) is 0.924. The SMILES string of the molecule is COCCN1CC(C(=O)O)c2cccc(C(F)(F)F)c21. The standard InChI is InChI=1S/C13H14F3NO3/c1-20-6-5-17-7-9(12(18)19)8-3-2-4-10(11(8)17)13(14,15)16/h2-4,9H,5-7H2,1H3,(H,18,19). The molecule has 0 saturated carbocycles. The molecular weight excluding hydrogens is 275 g/mol. The van der Waals surface area contributed by atoms with Crippen molar-refractivity contribution in [2.45, 2.75) is 12.1 Å². The summed E-state index contributed by atoms with van der Waals surface area (Å²) in [5.41, 5.74) is -0.622. The minimum Gasteiger partial charge on any atom is -0.481 e. The van der Waals surface area contributed by atoms with Gasteiger partial charge in [-0.3, -0.25) is 4.79 Å². The number of para-hydroxylation sites is 1. The third-order valence-corrected chi connectivity index (χ3v) is 3.33. The number of halogens is 3. The highest BCUT2D eigenvalue weighted by atomic mass is 19.4. The summed E-state index contributed by atoms with van der Waals surface area (Å²) in [6.45, 7) is 0.486. The lowest BCUT2D eigenvalue weighted by Gasteiger charge is -2.22. The topological polar surface area (TPSA) is 49.8 Å². The Morgan fingerprint density at radius 2 is 2.20 bits per heavy atom. The van der Waals surface area contributed by atoms with Crippen LogP contribution >= 0.6 is 0 Å². The number of carboxylic acids is 1. The largest absolute Gasteiger partial charge is 0.481 e. The van der Waals surface area contributed by atoms with Crippen molar-refractivity contribution < 1.29 is 27.8 Å². The Hall–Kier alpha value is -1.76. The fraction of sp³-hybridized carbons (Fsp3) is 0.462. The number of methoxy groups -OCH3 is 1. The number of anilines is 1. The molecule has 2 rings (SSSR count). The van der Waals surface area contributed by atoms with Crippen LogP contribution in [0.15, 0.2) is 18.2 Å². The summed E-state index contributed by atoms with van der Waals surface area (Å²) in [7, 11) is 1.45. The maximum atomic E-state index is 13.1. The molecule has 0 aliphatic carbocycles. The second kappa shape index (κ2) is 5.32. The van der Waals surface area contributed by atoms with Gasteiger partial charge < -0.3 is 14.7 Å². The zero-order valence-corrected chi connectivity index (χ0v) is 10.8. The van der Waals surface area contributed by atoms with Crippen LogP contribution in [0.3, 0.4) is 0 Å². The van der Waals surface area contributed by atoms with Crippen LogP contribution in [0.2, 0.25) is 0 Å². The van der Waals surface area contributed by atoms with E-state index >= 15 is 0 Å². The molecule has 110 valence electrons. The highest BCUT2D eigenvalue weighted by molar-refractivity contribution is 5.84. The van der Waals surface area contributed by atoms with Gasteiger partial charge in [-0.15, -0.1) is 0 Å². The molecule has 4 nitrogen and oxygen atoms in total. The number of nitrogens with zero attached hydrogens (tertiary/aromatic N) is 1. The molecular formula is C13H14F3NO3. The van der Waals surface area contributed by atoms with Gasteiger partial charge in [0, 0.05) is 20.2 Å². The molecule has 20 heavy (non-hydrogen) atoms. The fourth-order valence-electron chi connectivity index (χ4n) is 2.45.